The average molecular weight is 337 g/mol. The molecule has 5 nitrogen and oxygen atoms in total. The van der Waals surface area contributed by atoms with E-state index in [0.717, 1.165) is 11.3 Å². The van der Waals surface area contributed by atoms with Crippen molar-refractivity contribution in [2.75, 3.05) is 20.1 Å². The van der Waals surface area contributed by atoms with Crippen LogP contribution in [0.4, 0.5) is 0 Å². The first-order valence-electron chi connectivity index (χ1n) is 8.59. The molecule has 1 aliphatic heterocycles. The van der Waals surface area contributed by atoms with Gasteiger partial charge in [-0.15, -0.1) is 0 Å². The Balaban J connectivity index is 1.71. The van der Waals surface area contributed by atoms with E-state index in [2.05, 4.69) is 10.3 Å². The van der Waals surface area contributed by atoms with Gasteiger partial charge >= 0.3 is 0 Å². The quantitative estimate of drug-likeness (QED) is 0.818. The van der Waals surface area contributed by atoms with Crippen molar-refractivity contribution in [3.8, 4) is 0 Å². The zero-order valence-corrected chi connectivity index (χ0v) is 14.4. The lowest BCUT2D eigenvalue weighted by Crippen LogP contribution is -2.48. The molecule has 1 aromatic carbocycles. The Morgan fingerprint density at radius 2 is 1.96 bits per heavy atom. The predicted molar refractivity (Wildman–Crippen MR) is 95.8 cm³/mol. The highest BCUT2D eigenvalue weighted by Crippen LogP contribution is 2.35. The van der Waals surface area contributed by atoms with Crippen molar-refractivity contribution in [2.24, 2.45) is 5.41 Å². The Hall–Kier alpha value is -2.69. The molecule has 1 saturated heterocycles. The number of carbonyl (C=O) groups excluding carboxylic acids is 2. The topological polar surface area (TPSA) is 62.3 Å². The summed E-state index contributed by atoms with van der Waals surface area (Å²) in [6, 6.07) is 15.5. The van der Waals surface area contributed by atoms with Gasteiger partial charge in [-0.05, 0) is 30.5 Å². The maximum atomic E-state index is 12.9. The summed E-state index contributed by atoms with van der Waals surface area (Å²) in [5.41, 5.74) is 0.932. The van der Waals surface area contributed by atoms with Crippen LogP contribution < -0.4 is 5.32 Å². The zero-order valence-electron chi connectivity index (χ0n) is 14.4. The predicted octanol–water partition coefficient (Wildman–Crippen LogP) is 1.83. The maximum absolute atomic E-state index is 12.9. The second kappa shape index (κ2) is 7.47. The van der Waals surface area contributed by atoms with E-state index in [0.29, 0.717) is 32.4 Å². The molecule has 0 spiro atoms. The van der Waals surface area contributed by atoms with Crippen molar-refractivity contribution >= 4 is 11.8 Å². The number of carbonyl (C=O) groups is 2. The Labute approximate surface area is 148 Å². The van der Waals surface area contributed by atoms with Gasteiger partial charge in [-0.3, -0.25) is 14.6 Å². The number of nitrogens with one attached hydrogen (secondary N) is 1. The van der Waals surface area contributed by atoms with Gasteiger partial charge in [0, 0.05) is 38.4 Å². The van der Waals surface area contributed by atoms with Crippen molar-refractivity contribution in [3.05, 3.63) is 66.0 Å². The number of amides is 2. The van der Waals surface area contributed by atoms with E-state index in [9.17, 15) is 9.59 Å². The normalized spacial score (nSPS) is 19.9. The Kier molecular flexibility index (Phi) is 5.12. The second-order valence-corrected chi connectivity index (χ2v) is 6.55. The van der Waals surface area contributed by atoms with Crippen LogP contribution >= 0.6 is 0 Å². The molecule has 1 atom stereocenters. The number of nitrogens with zero attached hydrogens (tertiary/aromatic N) is 2. The minimum atomic E-state index is -1.000. The van der Waals surface area contributed by atoms with Gasteiger partial charge < -0.3 is 10.2 Å². The van der Waals surface area contributed by atoms with Crippen LogP contribution in [0.1, 0.15) is 17.7 Å². The van der Waals surface area contributed by atoms with Crippen LogP contribution in [0, 0.1) is 5.41 Å². The number of aromatic nitrogens is 1. The largest absolute Gasteiger partial charge is 0.355 e. The van der Waals surface area contributed by atoms with Crippen LogP contribution in [0.25, 0.3) is 0 Å². The first kappa shape index (κ1) is 17.1. The molecule has 2 heterocycles. The van der Waals surface area contributed by atoms with Crippen molar-refractivity contribution in [3.63, 3.8) is 0 Å². The summed E-state index contributed by atoms with van der Waals surface area (Å²) < 4.78 is 0. The summed E-state index contributed by atoms with van der Waals surface area (Å²) in [6.07, 6.45) is 3.38. The van der Waals surface area contributed by atoms with Crippen molar-refractivity contribution in [1.29, 1.82) is 0 Å². The fourth-order valence-electron chi connectivity index (χ4n) is 3.35. The molecule has 130 valence electrons. The molecule has 0 radical (unpaired) electrons. The molecular formula is C20H23N3O2. The van der Waals surface area contributed by atoms with E-state index < -0.39 is 5.41 Å². The standard InChI is InChI=1S/C20H23N3O2/c1-23-14-11-20(19(23)25,15-16-7-3-2-4-8-16)18(24)22-13-10-17-9-5-6-12-21-17/h2-9,12H,10-11,13-15H2,1H3,(H,22,24)/t20-/m1/s1. The zero-order chi connectivity index (χ0) is 17.7. The van der Waals surface area contributed by atoms with E-state index in [-0.39, 0.29) is 11.8 Å². The molecule has 1 fully saturated rings. The van der Waals surface area contributed by atoms with Crippen LogP contribution in [-0.4, -0.2) is 41.8 Å². The summed E-state index contributed by atoms with van der Waals surface area (Å²) in [7, 11) is 1.76. The van der Waals surface area contributed by atoms with Gasteiger partial charge in [-0.1, -0.05) is 36.4 Å². The molecular weight excluding hydrogens is 314 g/mol. The minimum absolute atomic E-state index is 0.0910. The van der Waals surface area contributed by atoms with Crippen LogP contribution in [0.2, 0.25) is 0 Å². The summed E-state index contributed by atoms with van der Waals surface area (Å²) in [5.74, 6) is -0.270. The van der Waals surface area contributed by atoms with Crippen molar-refractivity contribution in [1.82, 2.24) is 15.2 Å². The smallest absolute Gasteiger partial charge is 0.238 e. The Bertz CT molecular complexity index is 733. The molecule has 0 aliphatic carbocycles. The maximum Gasteiger partial charge on any atom is 0.238 e. The second-order valence-electron chi connectivity index (χ2n) is 6.55. The number of likely N-dealkylation sites (tertiary alicyclic amines) is 1. The highest BCUT2D eigenvalue weighted by Gasteiger charge is 2.51. The first-order chi connectivity index (χ1) is 12.1. The molecule has 1 aromatic heterocycles. The van der Waals surface area contributed by atoms with Crippen LogP contribution in [0.15, 0.2) is 54.7 Å². The highest BCUT2D eigenvalue weighted by atomic mass is 16.2. The van der Waals surface area contributed by atoms with E-state index in [1.165, 1.54) is 0 Å². The van der Waals surface area contributed by atoms with Crippen LogP contribution in [-0.2, 0) is 22.4 Å². The average Bonchev–Trinajstić information content (AvgIpc) is 2.93. The monoisotopic (exact) mass is 337 g/mol. The molecule has 25 heavy (non-hydrogen) atoms. The number of hydrogen-bond acceptors (Lipinski definition) is 3. The van der Waals surface area contributed by atoms with E-state index >= 15 is 0 Å². The Morgan fingerprint density at radius 1 is 1.20 bits per heavy atom. The third-order valence-corrected chi connectivity index (χ3v) is 4.81. The van der Waals surface area contributed by atoms with E-state index in [1.54, 1.807) is 18.1 Å². The van der Waals surface area contributed by atoms with Gasteiger partial charge in [0.1, 0.15) is 5.41 Å². The molecule has 2 aromatic rings. The highest BCUT2D eigenvalue weighted by molar-refractivity contribution is 6.06. The van der Waals surface area contributed by atoms with Gasteiger partial charge in [-0.25, -0.2) is 0 Å². The molecule has 5 heteroatoms. The molecule has 0 saturated carbocycles. The first-order valence-corrected chi connectivity index (χ1v) is 8.59. The van der Waals surface area contributed by atoms with Crippen LogP contribution in [0.3, 0.4) is 0 Å². The minimum Gasteiger partial charge on any atom is -0.355 e. The fourth-order valence-corrected chi connectivity index (χ4v) is 3.35. The van der Waals surface area contributed by atoms with E-state index in [1.807, 2.05) is 48.5 Å². The molecule has 0 bridgehead atoms. The van der Waals surface area contributed by atoms with Crippen molar-refractivity contribution in [2.45, 2.75) is 19.3 Å². The number of benzene rings is 1. The Morgan fingerprint density at radius 3 is 2.60 bits per heavy atom. The molecule has 2 amide bonds. The summed E-state index contributed by atoms with van der Waals surface area (Å²) in [4.78, 5) is 31.6. The third-order valence-electron chi connectivity index (χ3n) is 4.81. The summed E-state index contributed by atoms with van der Waals surface area (Å²) in [6.45, 7) is 1.09. The fraction of sp³-hybridized carbons (Fsp3) is 0.350. The number of hydrogen-bond donors (Lipinski definition) is 1. The lowest BCUT2D eigenvalue weighted by molar-refractivity contribution is -0.144. The molecule has 0 unspecified atom stereocenters. The van der Waals surface area contributed by atoms with Crippen LogP contribution in [0.5, 0.6) is 0 Å². The summed E-state index contributed by atoms with van der Waals surface area (Å²) in [5, 5.41) is 2.96. The molecule has 3 rings (SSSR count). The lowest BCUT2D eigenvalue weighted by Gasteiger charge is -2.26. The summed E-state index contributed by atoms with van der Waals surface area (Å²) >= 11 is 0. The number of rotatable bonds is 6. The van der Waals surface area contributed by atoms with E-state index in [4.69, 9.17) is 0 Å². The van der Waals surface area contributed by atoms with Gasteiger partial charge in [0.15, 0.2) is 0 Å². The van der Waals surface area contributed by atoms with Gasteiger partial charge in [0.25, 0.3) is 0 Å². The lowest BCUT2D eigenvalue weighted by atomic mass is 9.79. The van der Waals surface area contributed by atoms with Gasteiger partial charge in [0.2, 0.25) is 11.8 Å². The van der Waals surface area contributed by atoms with Gasteiger partial charge in [0.05, 0.1) is 0 Å². The van der Waals surface area contributed by atoms with Crippen molar-refractivity contribution < 1.29 is 9.59 Å². The molecule has 1 aliphatic rings. The number of pyridine rings is 1. The molecule has 1 N–H and O–H groups in total. The van der Waals surface area contributed by atoms with Gasteiger partial charge in [-0.2, -0.15) is 0 Å². The SMILES string of the molecule is CN1CC[C@@](Cc2ccccc2)(C(=O)NCCc2ccccn2)C1=O. The third kappa shape index (κ3) is 3.71.